The number of rotatable bonds is 6. The summed E-state index contributed by atoms with van der Waals surface area (Å²) < 4.78 is 70.5. The fourth-order valence-electron chi connectivity index (χ4n) is 1.48. The number of primary sulfonamides is 1. The van der Waals surface area contributed by atoms with E-state index in [4.69, 9.17) is 5.14 Å². The molecule has 0 aliphatic heterocycles. The van der Waals surface area contributed by atoms with Crippen LogP contribution in [0.5, 0.6) is 0 Å². The molecule has 0 heterocycles. The molecule has 2 N–H and O–H groups in total. The summed E-state index contributed by atoms with van der Waals surface area (Å²) >= 11 is 0. The summed E-state index contributed by atoms with van der Waals surface area (Å²) in [7, 11) is -10.6. The average molecular weight is 356 g/mol. The van der Waals surface area contributed by atoms with Gasteiger partial charge in [-0.05, 0) is 12.1 Å². The molecule has 0 aliphatic carbocycles. The van der Waals surface area contributed by atoms with Crippen molar-refractivity contribution in [3.05, 3.63) is 24.3 Å². The second kappa shape index (κ2) is 6.01. The fourth-order valence-corrected chi connectivity index (χ4v) is 4.72. The van der Waals surface area contributed by atoms with E-state index in [1.807, 2.05) is 0 Å². The lowest BCUT2D eigenvalue weighted by Gasteiger charge is -2.18. The highest BCUT2D eigenvalue weighted by Crippen LogP contribution is 2.22. The monoisotopic (exact) mass is 356 g/mol. The SMILES string of the molecule is CN(CCS(C)(=O)=O)S(=O)(=O)c1ccccc1S(N)(=O)=O. The maximum absolute atomic E-state index is 12.3. The van der Waals surface area contributed by atoms with Gasteiger partial charge in [-0.2, -0.15) is 4.31 Å². The number of nitrogens with zero attached hydrogens (tertiary/aromatic N) is 1. The van der Waals surface area contributed by atoms with Crippen molar-refractivity contribution < 1.29 is 25.3 Å². The van der Waals surface area contributed by atoms with E-state index in [-0.39, 0.29) is 12.3 Å². The molecule has 1 aromatic carbocycles. The van der Waals surface area contributed by atoms with Crippen LogP contribution in [0.2, 0.25) is 0 Å². The minimum Gasteiger partial charge on any atom is -0.229 e. The van der Waals surface area contributed by atoms with Gasteiger partial charge in [-0.3, -0.25) is 0 Å². The number of nitrogens with two attached hydrogens (primary N) is 1. The van der Waals surface area contributed by atoms with Crippen LogP contribution in [0.4, 0.5) is 0 Å². The van der Waals surface area contributed by atoms with Gasteiger partial charge in [0.1, 0.15) is 19.6 Å². The third-order valence-corrected chi connectivity index (χ3v) is 6.56. The van der Waals surface area contributed by atoms with Gasteiger partial charge in [-0.15, -0.1) is 0 Å². The van der Waals surface area contributed by atoms with Crippen LogP contribution in [-0.2, 0) is 29.9 Å². The van der Waals surface area contributed by atoms with E-state index in [1.54, 1.807) is 0 Å². The lowest BCUT2D eigenvalue weighted by Crippen LogP contribution is -2.32. The molecule has 0 atom stereocenters. The van der Waals surface area contributed by atoms with Crippen molar-refractivity contribution in [1.29, 1.82) is 0 Å². The van der Waals surface area contributed by atoms with Gasteiger partial charge in [0.2, 0.25) is 20.0 Å². The Morgan fingerprint density at radius 3 is 1.90 bits per heavy atom. The summed E-state index contributed by atoms with van der Waals surface area (Å²) in [6.45, 7) is -0.292. The summed E-state index contributed by atoms with van der Waals surface area (Å²) in [6, 6.07) is 4.87. The molecule has 1 aromatic rings. The van der Waals surface area contributed by atoms with Gasteiger partial charge in [0.05, 0.1) is 5.75 Å². The topological polar surface area (TPSA) is 132 Å². The van der Waals surface area contributed by atoms with Gasteiger partial charge in [0, 0.05) is 19.8 Å². The van der Waals surface area contributed by atoms with E-state index in [2.05, 4.69) is 0 Å². The summed E-state index contributed by atoms with van der Waals surface area (Å²) in [6.07, 6.45) is 0.978. The quantitative estimate of drug-likeness (QED) is 0.695. The number of benzene rings is 1. The number of sulfone groups is 1. The lowest BCUT2D eigenvalue weighted by molar-refractivity contribution is 0.482. The van der Waals surface area contributed by atoms with E-state index < -0.39 is 39.7 Å². The second-order valence-electron chi connectivity index (χ2n) is 4.45. The Morgan fingerprint density at radius 2 is 1.48 bits per heavy atom. The summed E-state index contributed by atoms with van der Waals surface area (Å²) in [5, 5.41) is 4.99. The van der Waals surface area contributed by atoms with Crippen molar-refractivity contribution >= 4 is 29.9 Å². The first-order valence-electron chi connectivity index (χ1n) is 5.61. The zero-order valence-electron chi connectivity index (χ0n) is 11.4. The van der Waals surface area contributed by atoms with E-state index in [0.29, 0.717) is 0 Å². The van der Waals surface area contributed by atoms with Crippen LogP contribution in [0.15, 0.2) is 34.1 Å². The van der Waals surface area contributed by atoms with Crippen LogP contribution in [0, 0.1) is 0 Å². The molecule has 0 saturated carbocycles. The van der Waals surface area contributed by atoms with Gasteiger partial charge in [0.25, 0.3) is 0 Å². The predicted octanol–water partition coefficient (Wildman–Crippen LogP) is -1.00. The summed E-state index contributed by atoms with van der Waals surface area (Å²) in [5.74, 6) is -0.375. The minimum atomic E-state index is -4.22. The molecule has 8 nitrogen and oxygen atoms in total. The standard InChI is InChI=1S/C10H16N2O6S3/c1-12(7-8-19(2,13)14)21(17,18)10-6-4-3-5-9(10)20(11,15)16/h3-6H,7-8H2,1-2H3,(H2,11,15,16). The highest BCUT2D eigenvalue weighted by Gasteiger charge is 2.28. The van der Waals surface area contributed by atoms with E-state index in [9.17, 15) is 25.3 Å². The number of hydrogen-bond donors (Lipinski definition) is 1. The molecule has 1 rings (SSSR count). The molecule has 11 heteroatoms. The van der Waals surface area contributed by atoms with Crippen LogP contribution < -0.4 is 5.14 Å². The van der Waals surface area contributed by atoms with Crippen molar-refractivity contribution in [2.75, 3.05) is 25.6 Å². The molecule has 0 radical (unpaired) electrons. The maximum atomic E-state index is 12.3. The van der Waals surface area contributed by atoms with Crippen molar-refractivity contribution in [3.8, 4) is 0 Å². The zero-order chi connectivity index (χ0) is 16.5. The Bertz CT molecular complexity index is 827. The normalized spacial score (nSPS) is 13.5. The van der Waals surface area contributed by atoms with Crippen LogP contribution in [0.25, 0.3) is 0 Å². The maximum Gasteiger partial charge on any atom is 0.244 e. The van der Waals surface area contributed by atoms with Gasteiger partial charge in [-0.1, -0.05) is 12.1 Å². The lowest BCUT2D eigenvalue weighted by atomic mass is 10.4. The van der Waals surface area contributed by atoms with Crippen LogP contribution in [0.3, 0.4) is 0 Å². The Balaban J connectivity index is 3.27. The van der Waals surface area contributed by atoms with Crippen molar-refractivity contribution in [2.45, 2.75) is 9.79 Å². The highest BCUT2D eigenvalue weighted by atomic mass is 32.2. The first-order chi connectivity index (χ1) is 9.36. The van der Waals surface area contributed by atoms with E-state index in [1.165, 1.54) is 19.2 Å². The first kappa shape index (κ1) is 18.0. The molecular weight excluding hydrogens is 340 g/mol. The minimum absolute atomic E-state index is 0.292. The Kier molecular flexibility index (Phi) is 5.16. The fraction of sp³-hybridized carbons (Fsp3) is 0.400. The van der Waals surface area contributed by atoms with Gasteiger partial charge >= 0.3 is 0 Å². The molecule has 0 aliphatic rings. The average Bonchev–Trinajstić information content (AvgIpc) is 2.34. The molecule has 0 amide bonds. The van der Waals surface area contributed by atoms with Crippen LogP contribution in [0.1, 0.15) is 0 Å². The molecule has 0 aromatic heterocycles. The van der Waals surface area contributed by atoms with E-state index >= 15 is 0 Å². The van der Waals surface area contributed by atoms with Crippen molar-refractivity contribution in [1.82, 2.24) is 4.31 Å². The predicted molar refractivity (Wildman–Crippen MR) is 77.3 cm³/mol. The summed E-state index contributed by atoms with van der Waals surface area (Å²) in [4.78, 5) is -1.01. The van der Waals surface area contributed by atoms with Gasteiger partial charge in [-0.25, -0.2) is 30.4 Å². The Hall–Kier alpha value is -1.01. The molecule has 0 spiro atoms. The Morgan fingerprint density at radius 1 is 1.00 bits per heavy atom. The molecule has 0 saturated heterocycles. The third-order valence-electron chi connectivity index (χ3n) is 2.62. The molecule has 0 fully saturated rings. The molecule has 0 bridgehead atoms. The largest absolute Gasteiger partial charge is 0.244 e. The second-order valence-corrected chi connectivity index (χ2v) is 10.3. The molecule has 120 valence electrons. The van der Waals surface area contributed by atoms with Crippen LogP contribution in [-0.4, -0.2) is 55.2 Å². The summed E-state index contributed by atoms with van der Waals surface area (Å²) in [5.41, 5.74) is 0. The Labute approximate surface area is 124 Å². The van der Waals surface area contributed by atoms with Crippen molar-refractivity contribution in [2.24, 2.45) is 5.14 Å². The molecule has 21 heavy (non-hydrogen) atoms. The van der Waals surface area contributed by atoms with Crippen LogP contribution >= 0.6 is 0 Å². The van der Waals surface area contributed by atoms with E-state index in [0.717, 1.165) is 22.7 Å². The van der Waals surface area contributed by atoms with Gasteiger partial charge < -0.3 is 0 Å². The third kappa shape index (κ3) is 4.74. The smallest absolute Gasteiger partial charge is 0.229 e. The first-order valence-corrected chi connectivity index (χ1v) is 10.7. The number of hydrogen-bond acceptors (Lipinski definition) is 6. The highest BCUT2D eigenvalue weighted by molar-refractivity contribution is 7.92. The van der Waals surface area contributed by atoms with Crippen molar-refractivity contribution in [3.63, 3.8) is 0 Å². The molecule has 0 unspecified atom stereocenters. The molecular formula is C10H16N2O6S3. The zero-order valence-corrected chi connectivity index (χ0v) is 13.9. The van der Waals surface area contributed by atoms with Gasteiger partial charge in [0.15, 0.2) is 0 Å². The number of sulfonamides is 2.